The van der Waals surface area contributed by atoms with Gasteiger partial charge in [-0.05, 0) is 31.4 Å². The monoisotopic (exact) mass is 370 g/mol. The number of hydrogen-bond acceptors (Lipinski definition) is 5. The Morgan fingerprint density at radius 3 is 2.92 bits per heavy atom. The minimum absolute atomic E-state index is 0.106. The number of rotatable bonds is 4. The molecular formula is C19H22N4O2S. The van der Waals surface area contributed by atoms with Gasteiger partial charge in [0.25, 0.3) is 5.91 Å². The second-order valence-electron chi connectivity index (χ2n) is 7.08. The van der Waals surface area contributed by atoms with Crippen molar-refractivity contribution in [1.29, 1.82) is 0 Å². The van der Waals surface area contributed by atoms with Crippen LogP contribution in [0.2, 0.25) is 0 Å². The third-order valence-corrected chi connectivity index (χ3v) is 6.03. The number of nitrogens with zero attached hydrogens (tertiary/aromatic N) is 2. The lowest BCUT2D eigenvalue weighted by molar-refractivity contribution is -0.114. The number of carbonyl (C=O) groups excluding carboxylic acids is 2. The minimum atomic E-state index is -0.123. The van der Waals surface area contributed by atoms with Crippen molar-refractivity contribution >= 4 is 28.8 Å². The molecule has 1 aromatic heterocycles. The molecule has 3 heterocycles. The molecule has 2 bridgehead atoms. The van der Waals surface area contributed by atoms with E-state index in [1.807, 2.05) is 24.3 Å². The van der Waals surface area contributed by atoms with Crippen molar-refractivity contribution in [3.8, 4) is 10.4 Å². The van der Waals surface area contributed by atoms with Crippen LogP contribution in [-0.2, 0) is 4.79 Å². The Balaban J connectivity index is 1.48. The number of thiazole rings is 1. The van der Waals surface area contributed by atoms with Crippen LogP contribution in [0.25, 0.3) is 10.4 Å². The fourth-order valence-corrected chi connectivity index (χ4v) is 4.77. The molecule has 0 saturated carbocycles. The van der Waals surface area contributed by atoms with E-state index in [0.29, 0.717) is 10.9 Å². The first kappa shape index (κ1) is 17.2. The highest BCUT2D eigenvalue weighted by atomic mass is 32.1. The fraction of sp³-hybridized carbons (Fsp3) is 0.421. The molecule has 7 heteroatoms. The summed E-state index contributed by atoms with van der Waals surface area (Å²) in [5, 5.41) is 6.44. The van der Waals surface area contributed by atoms with Gasteiger partial charge >= 0.3 is 0 Å². The number of carbonyl (C=O) groups is 2. The molecule has 0 aliphatic carbocycles. The largest absolute Gasteiger partial charge is 0.346 e. The van der Waals surface area contributed by atoms with E-state index in [9.17, 15) is 9.59 Å². The van der Waals surface area contributed by atoms with E-state index in [-0.39, 0.29) is 17.9 Å². The van der Waals surface area contributed by atoms with Crippen molar-refractivity contribution in [2.75, 3.05) is 25.0 Å². The van der Waals surface area contributed by atoms with Gasteiger partial charge in [0.1, 0.15) is 0 Å². The first-order chi connectivity index (χ1) is 12.6. The second kappa shape index (κ2) is 7.17. The predicted molar refractivity (Wildman–Crippen MR) is 102 cm³/mol. The summed E-state index contributed by atoms with van der Waals surface area (Å²) in [7, 11) is 0. The van der Waals surface area contributed by atoms with Crippen LogP contribution in [0.4, 0.5) is 5.69 Å². The van der Waals surface area contributed by atoms with Gasteiger partial charge in [0.15, 0.2) is 5.01 Å². The Hall–Kier alpha value is -2.25. The van der Waals surface area contributed by atoms with Gasteiger partial charge in [0, 0.05) is 43.5 Å². The van der Waals surface area contributed by atoms with E-state index in [2.05, 4.69) is 20.5 Å². The molecule has 2 amide bonds. The summed E-state index contributed by atoms with van der Waals surface area (Å²) >= 11 is 1.35. The van der Waals surface area contributed by atoms with E-state index in [0.717, 1.165) is 35.6 Å². The van der Waals surface area contributed by atoms with Crippen molar-refractivity contribution < 1.29 is 9.59 Å². The number of anilines is 1. The lowest BCUT2D eigenvalue weighted by atomic mass is 9.97. The van der Waals surface area contributed by atoms with E-state index in [1.165, 1.54) is 31.2 Å². The zero-order valence-electron chi connectivity index (χ0n) is 14.7. The smallest absolute Gasteiger partial charge is 0.280 e. The Morgan fingerprint density at radius 2 is 2.12 bits per heavy atom. The molecule has 4 rings (SSSR count). The van der Waals surface area contributed by atoms with Crippen LogP contribution in [-0.4, -0.2) is 47.4 Å². The molecule has 0 spiro atoms. The third kappa shape index (κ3) is 3.64. The molecule has 3 atom stereocenters. The van der Waals surface area contributed by atoms with Crippen molar-refractivity contribution in [2.45, 2.75) is 25.8 Å². The molecule has 26 heavy (non-hydrogen) atoms. The number of fused-ring (bicyclic) bond motifs is 2. The molecule has 6 nitrogen and oxygen atoms in total. The summed E-state index contributed by atoms with van der Waals surface area (Å²) in [6.07, 6.45) is 4.01. The molecule has 2 fully saturated rings. The van der Waals surface area contributed by atoms with Gasteiger partial charge in [0.2, 0.25) is 5.91 Å². The van der Waals surface area contributed by atoms with Gasteiger partial charge in [-0.3, -0.25) is 9.59 Å². The van der Waals surface area contributed by atoms with E-state index in [1.54, 1.807) is 6.20 Å². The second-order valence-corrected chi connectivity index (χ2v) is 8.11. The molecule has 0 radical (unpaired) electrons. The van der Waals surface area contributed by atoms with Gasteiger partial charge < -0.3 is 15.5 Å². The molecule has 3 unspecified atom stereocenters. The standard InChI is InChI=1S/C19H22N4O2S/c1-12(24)21-16-5-3-2-4-15(16)17-9-20-19(26-17)18(25)22-14-8-13-6-7-23(10-13)11-14/h2-5,9,13-14H,6-8,10-11H2,1H3,(H,21,24)(H,22,25). The van der Waals surface area contributed by atoms with E-state index in [4.69, 9.17) is 0 Å². The summed E-state index contributed by atoms with van der Waals surface area (Å²) in [4.78, 5) is 31.6. The SMILES string of the molecule is CC(=O)Nc1ccccc1-c1cnc(C(=O)NC2CC3CCN(C3)C2)s1. The molecule has 2 aromatic rings. The Morgan fingerprint density at radius 1 is 1.27 bits per heavy atom. The van der Waals surface area contributed by atoms with Gasteiger partial charge in [-0.25, -0.2) is 4.98 Å². The van der Waals surface area contributed by atoms with Gasteiger partial charge in [0.05, 0.1) is 4.88 Å². The number of nitrogens with one attached hydrogen (secondary N) is 2. The van der Waals surface area contributed by atoms with Crippen LogP contribution in [0.3, 0.4) is 0 Å². The Kier molecular flexibility index (Phi) is 4.74. The first-order valence-corrected chi connectivity index (χ1v) is 9.76. The zero-order chi connectivity index (χ0) is 18.1. The summed E-state index contributed by atoms with van der Waals surface area (Å²) in [6.45, 7) is 4.74. The molecule has 1 aromatic carbocycles. The van der Waals surface area contributed by atoms with Crippen LogP contribution in [0.15, 0.2) is 30.5 Å². The maximum Gasteiger partial charge on any atom is 0.280 e. The quantitative estimate of drug-likeness (QED) is 0.868. The van der Waals surface area contributed by atoms with Crippen molar-refractivity contribution in [1.82, 2.24) is 15.2 Å². The van der Waals surface area contributed by atoms with Gasteiger partial charge in [-0.2, -0.15) is 0 Å². The molecule has 2 N–H and O–H groups in total. The van der Waals surface area contributed by atoms with Gasteiger partial charge in [-0.1, -0.05) is 18.2 Å². The number of amides is 2. The van der Waals surface area contributed by atoms with Crippen LogP contribution in [0, 0.1) is 5.92 Å². The molecule has 2 aliphatic rings. The maximum atomic E-state index is 12.6. The average Bonchev–Trinajstić information content (AvgIpc) is 3.22. The van der Waals surface area contributed by atoms with Crippen molar-refractivity contribution in [2.24, 2.45) is 5.92 Å². The average molecular weight is 370 g/mol. The minimum Gasteiger partial charge on any atom is -0.346 e. The third-order valence-electron chi connectivity index (χ3n) is 5.00. The predicted octanol–water partition coefficient (Wildman–Crippen LogP) is 2.59. The zero-order valence-corrected chi connectivity index (χ0v) is 15.5. The molecule has 2 saturated heterocycles. The van der Waals surface area contributed by atoms with Crippen molar-refractivity contribution in [3.63, 3.8) is 0 Å². The number of aromatic nitrogens is 1. The summed E-state index contributed by atoms with van der Waals surface area (Å²) in [5.41, 5.74) is 1.60. The lowest BCUT2D eigenvalue weighted by Gasteiger charge is -2.30. The number of piperidine rings is 1. The topological polar surface area (TPSA) is 74.3 Å². The van der Waals surface area contributed by atoms with E-state index >= 15 is 0 Å². The number of benzene rings is 1. The Bertz CT molecular complexity index is 822. The maximum absolute atomic E-state index is 12.6. The summed E-state index contributed by atoms with van der Waals surface area (Å²) in [5.74, 6) is 0.484. The van der Waals surface area contributed by atoms with Gasteiger partial charge in [-0.15, -0.1) is 11.3 Å². The highest BCUT2D eigenvalue weighted by Gasteiger charge is 2.33. The number of para-hydroxylation sites is 1. The summed E-state index contributed by atoms with van der Waals surface area (Å²) in [6, 6.07) is 7.76. The molecule has 2 aliphatic heterocycles. The number of hydrogen-bond donors (Lipinski definition) is 2. The lowest BCUT2D eigenvalue weighted by Crippen LogP contribution is -2.46. The highest BCUT2D eigenvalue weighted by Crippen LogP contribution is 2.32. The molecular weight excluding hydrogens is 348 g/mol. The summed E-state index contributed by atoms with van der Waals surface area (Å²) < 4.78 is 0. The normalized spacial score (nSPS) is 24.3. The Labute approximate surface area is 156 Å². The molecule has 136 valence electrons. The first-order valence-electron chi connectivity index (χ1n) is 8.94. The fourth-order valence-electron chi connectivity index (χ4n) is 3.91. The highest BCUT2D eigenvalue weighted by molar-refractivity contribution is 7.17. The van der Waals surface area contributed by atoms with Crippen molar-refractivity contribution in [3.05, 3.63) is 35.5 Å². The van der Waals surface area contributed by atoms with Crippen LogP contribution < -0.4 is 10.6 Å². The van der Waals surface area contributed by atoms with E-state index < -0.39 is 0 Å². The van der Waals surface area contributed by atoms with Crippen LogP contribution in [0.5, 0.6) is 0 Å². The van der Waals surface area contributed by atoms with Crippen LogP contribution in [0.1, 0.15) is 29.6 Å². The van der Waals surface area contributed by atoms with Crippen LogP contribution >= 0.6 is 11.3 Å².